The predicted octanol–water partition coefficient (Wildman–Crippen LogP) is 1.32. The molecule has 0 radical (unpaired) electrons. The number of nitrogens with zero attached hydrogens (tertiary/aromatic N) is 2. The highest BCUT2D eigenvalue weighted by Gasteiger charge is 2.33. The number of amides is 1. The van der Waals surface area contributed by atoms with Crippen LogP contribution >= 0.6 is 11.5 Å². The van der Waals surface area contributed by atoms with Crippen LogP contribution in [0.4, 0.5) is 0 Å². The molecule has 1 unspecified atom stereocenters. The second-order valence-corrected chi connectivity index (χ2v) is 6.90. The molecule has 0 bridgehead atoms. The molecule has 0 aromatic carbocycles. The van der Waals surface area contributed by atoms with Gasteiger partial charge in [0, 0.05) is 12.0 Å². The molecule has 1 aliphatic rings. The van der Waals surface area contributed by atoms with Gasteiger partial charge in [0.05, 0.1) is 11.2 Å². The minimum Gasteiger partial charge on any atom is -0.345 e. The van der Waals surface area contributed by atoms with Crippen LogP contribution in [0.3, 0.4) is 0 Å². The zero-order valence-electron chi connectivity index (χ0n) is 11.3. The molecule has 1 amide bonds. The van der Waals surface area contributed by atoms with Crippen molar-refractivity contribution in [2.45, 2.75) is 45.1 Å². The molecule has 6 heteroatoms. The SMILES string of the molecule is CC1(NC(=O)c2snnc2C(C)(C)C)CCNC1. The van der Waals surface area contributed by atoms with Crippen molar-refractivity contribution in [2.24, 2.45) is 0 Å². The third kappa shape index (κ3) is 2.70. The summed E-state index contributed by atoms with van der Waals surface area (Å²) in [5, 5.41) is 10.5. The van der Waals surface area contributed by atoms with Crippen molar-refractivity contribution in [1.82, 2.24) is 20.2 Å². The van der Waals surface area contributed by atoms with E-state index in [4.69, 9.17) is 0 Å². The number of hydrogen-bond donors (Lipinski definition) is 2. The molecule has 1 atom stereocenters. The van der Waals surface area contributed by atoms with Crippen LogP contribution < -0.4 is 10.6 Å². The van der Waals surface area contributed by atoms with Gasteiger partial charge in [-0.05, 0) is 31.4 Å². The van der Waals surface area contributed by atoms with Gasteiger partial charge in [-0.25, -0.2) is 0 Å². The van der Waals surface area contributed by atoms with Crippen molar-refractivity contribution in [2.75, 3.05) is 13.1 Å². The molecule has 2 N–H and O–H groups in total. The Hall–Kier alpha value is -1.01. The highest BCUT2D eigenvalue weighted by Crippen LogP contribution is 2.26. The molecule has 5 nitrogen and oxygen atoms in total. The Morgan fingerprint density at radius 2 is 2.22 bits per heavy atom. The smallest absolute Gasteiger partial charge is 0.265 e. The van der Waals surface area contributed by atoms with Crippen molar-refractivity contribution in [3.63, 3.8) is 0 Å². The van der Waals surface area contributed by atoms with Gasteiger partial charge in [0.25, 0.3) is 5.91 Å². The van der Waals surface area contributed by atoms with Crippen molar-refractivity contribution in [3.8, 4) is 0 Å². The van der Waals surface area contributed by atoms with Crippen LogP contribution in [0.1, 0.15) is 49.5 Å². The van der Waals surface area contributed by atoms with E-state index < -0.39 is 0 Å². The summed E-state index contributed by atoms with van der Waals surface area (Å²) in [6, 6.07) is 0. The van der Waals surface area contributed by atoms with Crippen LogP contribution in [0.25, 0.3) is 0 Å². The number of hydrogen-bond acceptors (Lipinski definition) is 5. The van der Waals surface area contributed by atoms with Crippen molar-refractivity contribution < 1.29 is 4.79 Å². The Morgan fingerprint density at radius 1 is 1.50 bits per heavy atom. The van der Waals surface area contributed by atoms with E-state index in [1.54, 1.807) is 0 Å². The monoisotopic (exact) mass is 268 g/mol. The van der Waals surface area contributed by atoms with Crippen molar-refractivity contribution in [1.29, 1.82) is 0 Å². The lowest BCUT2D eigenvalue weighted by atomic mass is 9.91. The van der Waals surface area contributed by atoms with Crippen LogP contribution in [0, 0.1) is 0 Å². The number of rotatable bonds is 2. The first-order valence-corrected chi connectivity index (χ1v) is 6.95. The summed E-state index contributed by atoms with van der Waals surface area (Å²) in [4.78, 5) is 13.0. The maximum Gasteiger partial charge on any atom is 0.265 e. The minimum absolute atomic E-state index is 0.0545. The summed E-state index contributed by atoms with van der Waals surface area (Å²) < 4.78 is 3.92. The highest BCUT2D eigenvalue weighted by molar-refractivity contribution is 7.08. The van der Waals surface area contributed by atoms with Gasteiger partial charge in [-0.15, -0.1) is 5.10 Å². The van der Waals surface area contributed by atoms with E-state index >= 15 is 0 Å². The van der Waals surface area contributed by atoms with Gasteiger partial charge in [-0.1, -0.05) is 25.3 Å². The molecule has 1 saturated heterocycles. The second-order valence-electron chi connectivity index (χ2n) is 6.14. The Kier molecular flexibility index (Phi) is 3.42. The molecule has 2 heterocycles. The van der Waals surface area contributed by atoms with Crippen LogP contribution in [-0.4, -0.2) is 34.1 Å². The quantitative estimate of drug-likeness (QED) is 0.849. The number of carbonyl (C=O) groups is 1. The zero-order valence-corrected chi connectivity index (χ0v) is 12.1. The first kappa shape index (κ1) is 13.4. The molecule has 1 aliphatic heterocycles. The Morgan fingerprint density at radius 3 is 2.78 bits per heavy atom. The molecular weight excluding hydrogens is 248 g/mol. The molecule has 1 aromatic heterocycles. The zero-order chi connectivity index (χ0) is 13.4. The van der Waals surface area contributed by atoms with E-state index in [2.05, 4.69) is 27.1 Å². The first-order valence-electron chi connectivity index (χ1n) is 6.18. The topological polar surface area (TPSA) is 66.9 Å². The van der Waals surface area contributed by atoms with E-state index in [9.17, 15) is 4.79 Å². The fourth-order valence-electron chi connectivity index (χ4n) is 2.08. The second kappa shape index (κ2) is 4.59. The number of aromatic nitrogens is 2. The lowest BCUT2D eigenvalue weighted by Gasteiger charge is -2.25. The third-order valence-corrected chi connectivity index (χ3v) is 3.91. The lowest BCUT2D eigenvalue weighted by Crippen LogP contribution is -2.47. The van der Waals surface area contributed by atoms with Crippen LogP contribution in [0.15, 0.2) is 0 Å². The predicted molar refractivity (Wildman–Crippen MR) is 72.0 cm³/mol. The molecule has 1 fully saturated rings. The van der Waals surface area contributed by atoms with Crippen LogP contribution in [0.2, 0.25) is 0 Å². The minimum atomic E-state index is -0.158. The van der Waals surface area contributed by atoms with Crippen LogP contribution in [0.5, 0.6) is 0 Å². The normalized spacial score (nSPS) is 24.2. The van der Waals surface area contributed by atoms with E-state index in [-0.39, 0.29) is 16.9 Å². The van der Waals surface area contributed by atoms with Gasteiger partial charge in [0.15, 0.2) is 0 Å². The Labute approximate surface area is 112 Å². The summed E-state index contributed by atoms with van der Waals surface area (Å²) in [6.07, 6.45) is 0.954. The molecule has 1 aromatic rings. The molecule has 0 spiro atoms. The first-order chi connectivity index (χ1) is 8.32. The molecular formula is C12H20N4OS. The van der Waals surface area contributed by atoms with Crippen molar-refractivity contribution >= 4 is 17.4 Å². The van der Waals surface area contributed by atoms with Crippen molar-refractivity contribution in [3.05, 3.63) is 10.6 Å². The maximum atomic E-state index is 12.3. The molecule has 0 saturated carbocycles. The van der Waals surface area contributed by atoms with E-state index in [1.807, 2.05) is 20.8 Å². The number of carbonyl (C=O) groups excluding carboxylic acids is 1. The Balaban J connectivity index is 2.17. The van der Waals surface area contributed by atoms with Gasteiger partial charge in [0.2, 0.25) is 0 Å². The molecule has 18 heavy (non-hydrogen) atoms. The largest absolute Gasteiger partial charge is 0.345 e. The molecule has 2 rings (SSSR count). The third-order valence-electron chi connectivity index (χ3n) is 3.19. The summed E-state index contributed by atoms with van der Waals surface area (Å²) in [5.74, 6) is -0.0545. The van der Waals surface area contributed by atoms with E-state index in [0.29, 0.717) is 4.88 Å². The summed E-state index contributed by atoms with van der Waals surface area (Å²) in [7, 11) is 0. The van der Waals surface area contributed by atoms with Gasteiger partial charge < -0.3 is 10.6 Å². The fourth-order valence-corrected chi connectivity index (χ4v) is 2.86. The average molecular weight is 268 g/mol. The van der Waals surface area contributed by atoms with Gasteiger partial charge in [-0.2, -0.15) is 0 Å². The lowest BCUT2D eigenvalue weighted by molar-refractivity contribution is 0.0915. The molecule has 100 valence electrons. The summed E-state index contributed by atoms with van der Waals surface area (Å²) in [5.41, 5.74) is 0.463. The molecule has 0 aliphatic carbocycles. The van der Waals surface area contributed by atoms with E-state index in [0.717, 1.165) is 25.2 Å². The summed E-state index contributed by atoms with van der Waals surface area (Å²) >= 11 is 1.17. The number of nitrogens with one attached hydrogen (secondary N) is 2. The Bertz CT molecular complexity index is 443. The summed E-state index contributed by atoms with van der Waals surface area (Å²) in [6.45, 7) is 9.95. The maximum absolute atomic E-state index is 12.3. The van der Waals surface area contributed by atoms with Gasteiger partial charge in [0.1, 0.15) is 4.88 Å². The standard InChI is InChI=1S/C12H20N4OS/c1-11(2,3)9-8(18-16-15-9)10(17)14-12(4)5-6-13-7-12/h13H,5-7H2,1-4H3,(H,14,17). The van der Waals surface area contributed by atoms with E-state index in [1.165, 1.54) is 11.5 Å². The fraction of sp³-hybridized carbons (Fsp3) is 0.750. The van der Waals surface area contributed by atoms with Gasteiger partial charge >= 0.3 is 0 Å². The average Bonchev–Trinajstić information content (AvgIpc) is 2.84. The van der Waals surface area contributed by atoms with Gasteiger partial charge in [-0.3, -0.25) is 4.79 Å². The highest BCUT2D eigenvalue weighted by atomic mass is 32.1. The van der Waals surface area contributed by atoms with Crippen LogP contribution in [-0.2, 0) is 5.41 Å².